The highest BCUT2D eigenvalue weighted by Crippen LogP contribution is 2.20. The summed E-state index contributed by atoms with van der Waals surface area (Å²) in [5, 5.41) is 3.40. The Kier molecular flexibility index (Phi) is 11.3. The summed E-state index contributed by atoms with van der Waals surface area (Å²) >= 11 is 0. The van der Waals surface area contributed by atoms with Crippen molar-refractivity contribution >= 4 is 8.80 Å². The van der Waals surface area contributed by atoms with Crippen LogP contribution in [0.4, 0.5) is 0 Å². The van der Waals surface area contributed by atoms with Crippen LogP contribution in [-0.4, -0.2) is 66.2 Å². The largest absolute Gasteiger partial charge is 0.501 e. The molecule has 0 bridgehead atoms. The first-order valence-electron chi connectivity index (χ1n) is 9.11. The lowest BCUT2D eigenvalue weighted by Crippen LogP contribution is -2.48. The van der Waals surface area contributed by atoms with Gasteiger partial charge in [-0.05, 0) is 32.2 Å². The van der Waals surface area contributed by atoms with Crippen molar-refractivity contribution in [1.82, 2.24) is 10.2 Å². The predicted octanol–water partition coefficient (Wildman–Crippen LogP) is 2.50. The highest BCUT2D eigenvalue weighted by molar-refractivity contribution is 6.60. The van der Waals surface area contributed by atoms with Crippen molar-refractivity contribution in [1.29, 1.82) is 0 Å². The number of hydrogen-bond acceptors (Lipinski definition) is 5. The fraction of sp³-hybridized carbons (Fsp3) is 1.00. The van der Waals surface area contributed by atoms with Crippen LogP contribution in [0.3, 0.4) is 0 Å². The van der Waals surface area contributed by atoms with Crippen LogP contribution in [0.1, 0.15) is 46.5 Å². The van der Waals surface area contributed by atoms with Crippen molar-refractivity contribution in [3.8, 4) is 0 Å². The molecule has 1 N–H and O–H groups in total. The lowest BCUT2D eigenvalue weighted by molar-refractivity contribution is 0.0578. The molecule has 1 saturated heterocycles. The monoisotopic (exact) mass is 332 g/mol. The molecule has 0 aromatic carbocycles. The second-order valence-electron chi connectivity index (χ2n) is 5.92. The van der Waals surface area contributed by atoms with Crippen LogP contribution < -0.4 is 5.32 Å². The van der Waals surface area contributed by atoms with Crippen LogP contribution in [0.15, 0.2) is 0 Å². The van der Waals surface area contributed by atoms with Gasteiger partial charge < -0.3 is 23.5 Å². The summed E-state index contributed by atoms with van der Waals surface area (Å²) in [6.07, 6.45) is 4.13. The number of piperazine rings is 1. The van der Waals surface area contributed by atoms with Gasteiger partial charge in [-0.15, -0.1) is 0 Å². The Morgan fingerprint density at radius 1 is 0.864 bits per heavy atom. The minimum atomic E-state index is -2.49. The number of hydrogen-bond donors (Lipinski definition) is 1. The van der Waals surface area contributed by atoms with Gasteiger partial charge in [0, 0.05) is 52.0 Å². The van der Waals surface area contributed by atoms with E-state index in [1.165, 1.54) is 0 Å². The fourth-order valence-electron chi connectivity index (χ4n) is 2.57. The van der Waals surface area contributed by atoms with Gasteiger partial charge >= 0.3 is 8.80 Å². The van der Waals surface area contributed by atoms with Crippen LogP contribution in [0.5, 0.6) is 0 Å². The molecule has 0 aliphatic carbocycles. The molecule has 6 heteroatoms. The van der Waals surface area contributed by atoms with E-state index >= 15 is 0 Å². The van der Waals surface area contributed by atoms with Gasteiger partial charge in [-0.25, -0.2) is 0 Å². The molecule has 1 aliphatic rings. The molecule has 0 unspecified atom stereocenters. The normalized spacial score (nSPS) is 17.0. The average molecular weight is 333 g/mol. The molecule has 5 nitrogen and oxygen atoms in total. The first-order chi connectivity index (χ1) is 10.8. The summed E-state index contributed by atoms with van der Waals surface area (Å²) in [6.45, 7) is 14.3. The zero-order chi connectivity index (χ0) is 16.1. The Hall–Kier alpha value is 0.0169. The number of rotatable bonds is 13. The molecule has 0 radical (unpaired) electrons. The second-order valence-corrected chi connectivity index (χ2v) is 8.66. The Bertz CT molecular complexity index is 242. The minimum Gasteiger partial charge on any atom is -0.373 e. The van der Waals surface area contributed by atoms with Gasteiger partial charge in [-0.1, -0.05) is 20.8 Å². The van der Waals surface area contributed by atoms with E-state index in [2.05, 4.69) is 31.0 Å². The summed E-state index contributed by atoms with van der Waals surface area (Å²) in [6, 6.07) is 0.941. The molecule has 132 valence electrons. The van der Waals surface area contributed by atoms with Crippen LogP contribution >= 0.6 is 0 Å². The first-order valence-corrected chi connectivity index (χ1v) is 11.0. The van der Waals surface area contributed by atoms with E-state index in [0.717, 1.165) is 84.3 Å². The fourth-order valence-corrected chi connectivity index (χ4v) is 5.39. The van der Waals surface area contributed by atoms with E-state index in [0.29, 0.717) is 0 Å². The number of nitrogens with zero attached hydrogens (tertiary/aromatic N) is 1. The zero-order valence-electron chi connectivity index (χ0n) is 14.9. The van der Waals surface area contributed by atoms with Gasteiger partial charge in [0.15, 0.2) is 0 Å². The molecular weight excluding hydrogens is 296 g/mol. The van der Waals surface area contributed by atoms with Crippen molar-refractivity contribution < 1.29 is 13.3 Å². The molecule has 1 fully saturated rings. The second kappa shape index (κ2) is 12.4. The number of nitrogens with one attached hydrogen (secondary N) is 1. The molecule has 0 atom stereocenters. The van der Waals surface area contributed by atoms with Crippen molar-refractivity contribution in [2.45, 2.75) is 52.5 Å². The molecule has 1 aliphatic heterocycles. The summed E-state index contributed by atoms with van der Waals surface area (Å²) < 4.78 is 18.4. The summed E-state index contributed by atoms with van der Waals surface area (Å²) in [7, 11) is -2.49. The maximum atomic E-state index is 6.14. The lowest BCUT2D eigenvalue weighted by Gasteiger charge is -2.31. The third kappa shape index (κ3) is 8.03. The van der Waals surface area contributed by atoms with Crippen molar-refractivity contribution in [3.63, 3.8) is 0 Å². The van der Waals surface area contributed by atoms with Crippen LogP contribution in [0.25, 0.3) is 0 Å². The maximum absolute atomic E-state index is 6.14. The van der Waals surface area contributed by atoms with Crippen molar-refractivity contribution in [2.24, 2.45) is 0 Å². The minimum absolute atomic E-state index is 0.743. The van der Waals surface area contributed by atoms with Crippen LogP contribution in [-0.2, 0) is 13.3 Å². The molecule has 0 aromatic heterocycles. The van der Waals surface area contributed by atoms with E-state index in [-0.39, 0.29) is 0 Å². The highest BCUT2D eigenvalue weighted by Gasteiger charge is 2.40. The molecule has 0 saturated carbocycles. The van der Waals surface area contributed by atoms with E-state index in [4.69, 9.17) is 13.3 Å². The smallest absolute Gasteiger partial charge is 0.373 e. The predicted molar refractivity (Wildman–Crippen MR) is 93.2 cm³/mol. The van der Waals surface area contributed by atoms with Gasteiger partial charge in [0.2, 0.25) is 0 Å². The molecule has 22 heavy (non-hydrogen) atoms. The van der Waals surface area contributed by atoms with Crippen LogP contribution in [0.2, 0.25) is 6.04 Å². The molecule has 0 spiro atoms. The third-order valence-corrected chi connectivity index (χ3v) is 6.64. The summed E-state index contributed by atoms with van der Waals surface area (Å²) in [5.74, 6) is 0. The van der Waals surface area contributed by atoms with Gasteiger partial charge in [0.05, 0.1) is 0 Å². The topological polar surface area (TPSA) is 43.0 Å². The molecule has 1 rings (SSSR count). The molecule has 0 amide bonds. The van der Waals surface area contributed by atoms with Gasteiger partial charge in [0.25, 0.3) is 0 Å². The molecule has 1 heterocycles. The average Bonchev–Trinajstić information content (AvgIpc) is 2.57. The standard InChI is InChI=1S/C16H36N2O3Si/c1-4-13-19-22(20-14-5-2,21-15-6-3)16-7-10-18-11-8-17-9-12-18/h17H,4-16H2,1-3H3. The Labute approximate surface area is 138 Å². The quantitative estimate of drug-likeness (QED) is 0.525. The van der Waals surface area contributed by atoms with Crippen LogP contribution in [0, 0.1) is 0 Å². The highest BCUT2D eigenvalue weighted by atomic mass is 28.4. The maximum Gasteiger partial charge on any atom is 0.501 e. The van der Waals surface area contributed by atoms with Crippen molar-refractivity contribution in [2.75, 3.05) is 52.5 Å². The van der Waals surface area contributed by atoms with E-state index in [9.17, 15) is 0 Å². The first kappa shape index (κ1) is 20.1. The van der Waals surface area contributed by atoms with Gasteiger partial charge in [0.1, 0.15) is 0 Å². The Balaban J connectivity index is 2.47. The van der Waals surface area contributed by atoms with E-state index in [1.54, 1.807) is 0 Å². The summed E-state index contributed by atoms with van der Waals surface area (Å²) in [4.78, 5) is 2.52. The van der Waals surface area contributed by atoms with E-state index < -0.39 is 8.80 Å². The zero-order valence-corrected chi connectivity index (χ0v) is 15.9. The Morgan fingerprint density at radius 2 is 1.36 bits per heavy atom. The Morgan fingerprint density at radius 3 is 1.82 bits per heavy atom. The van der Waals surface area contributed by atoms with Gasteiger partial charge in [-0.2, -0.15) is 0 Å². The van der Waals surface area contributed by atoms with E-state index in [1.807, 2.05) is 0 Å². The van der Waals surface area contributed by atoms with Crippen molar-refractivity contribution in [3.05, 3.63) is 0 Å². The van der Waals surface area contributed by atoms with Gasteiger partial charge in [-0.3, -0.25) is 0 Å². The SMILES string of the molecule is CCCO[Si](CCCN1CCNCC1)(OCCC)OCCC. The summed E-state index contributed by atoms with van der Waals surface area (Å²) in [5.41, 5.74) is 0. The third-order valence-electron chi connectivity index (χ3n) is 3.75. The molecule has 0 aromatic rings. The lowest BCUT2D eigenvalue weighted by atomic mass is 10.3. The molecular formula is C16H36N2O3Si.